The standard InChI is InChI=1S/C31H32N6O3/c1-4-39-26-12-13-28-27(15-26)31(35-24-10-8-21(9-11-24)23-17-33-34-18-23)37-30(36-28)22-6-5-7-25(14-22)40-19-29(38)32-16-20(2)3/h5-15,17-18,20H,4,16,19H2,1-3H3,(H,32,38)(H,33,34)(H,35,36,37). The summed E-state index contributed by atoms with van der Waals surface area (Å²) in [5.41, 5.74) is 4.49. The Bertz CT molecular complexity index is 1580. The number of nitrogens with one attached hydrogen (secondary N) is 3. The quantitative estimate of drug-likeness (QED) is 0.190. The smallest absolute Gasteiger partial charge is 0.257 e. The van der Waals surface area contributed by atoms with Gasteiger partial charge in [-0.2, -0.15) is 5.10 Å². The Kier molecular flexibility index (Phi) is 8.20. The summed E-state index contributed by atoms with van der Waals surface area (Å²) >= 11 is 0. The number of rotatable bonds is 11. The highest BCUT2D eigenvalue weighted by molar-refractivity contribution is 5.93. The number of nitrogens with zero attached hydrogens (tertiary/aromatic N) is 3. The minimum Gasteiger partial charge on any atom is -0.494 e. The lowest BCUT2D eigenvalue weighted by molar-refractivity contribution is -0.123. The van der Waals surface area contributed by atoms with E-state index >= 15 is 0 Å². The third kappa shape index (κ3) is 6.55. The molecule has 9 nitrogen and oxygen atoms in total. The van der Waals surface area contributed by atoms with Crippen molar-refractivity contribution >= 4 is 28.3 Å². The van der Waals surface area contributed by atoms with E-state index in [1.165, 1.54) is 0 Å². The van der Waals surface area contributed by atoms with Crippen molar-refractivity contribution < 1.29 is 14.3 Å². The van der Waals surface area contributed by atoms with Crippen molar-refractivity contribution in [1.82, 2.24) is 25.5 Å². The molecule has 5 aromatic rings. The zero-order valence-corrected chi connectivity index (χ0v) is 22.8. The zero-order valence-electron chi connectivity index (χ0n) is 22.8. The first-order chi connectivity index (χ1) is 19.5. The summed E-state index contributed by atoms with van der Waals surface area (Å²) in [4.78, 5) is 21.8. The van der Waals surface area contributed by atoms with E-state index in [4.69, 9.17) is 19.4 Å². The second-order valence-electron chi connectivity index (χ2n) is 9.71. The molecule has 3 aromatic carbocycles. The molecule has 5 rings (SSSR count). The highest BCUT2D eigenvalue weighted by Gasteiger charge is 2.13. The van der Waals surface area contributed by atoms with Crippen LogP contribution in [0.2, 0.25) is 0 Å². The summed E-state index contributed by atoms with van der Waals surface area (Å²) in [6.45, 7) is 7.16. The van der Waals surface area contributed by atoms with Gasteiger partial charge in [0.25, 0.3) is 5.91 Å². The minimum absolute atomic E-state index is 0.0590. The first kappa shape index (κ1) is 26.7. The highest BCUT2D eigenvalue weighted by Crippen LogP contribution is 2.32. The molecule has 0 aliphatic rings. The van der Waals surface area contributed by atoms with Crippen molar-refractivity contribution in [2.75, 3.05) is 25.1 Å². The summed E-state index contributed by atoms with van der Waals surface area (Å²) in [7, 11) is 0. The number of hydrogen-bond acceptors (Lipinski definition) is 7. The van der Waals surface area contributed by atoms with Gasteiger partial charge < -0.3 is 20.1 Å². The Labute approximate surface area is 233 Å². The van der Waals surface area contributed by atoms with Crippen LogP contribution >= 0.6 is 0 Å². The van der Waals surface area contributed by atoms with E-state index in [2.05, 4.69) is 20.8 Å². The lowest BCUT2D eigenvalue weighted by Gasteiger charge is -2.13. The fourth-order valence-corrected chi connectivity index (χ4v) is 4.12. The Morgan fingerprint density at radius 1 is 0.925 bits per heavy atom. The van der Waals surface area contributed by atoms with Crippen LogP contribution in [0.4, 0.5) is 11.5 Å². The van der Waals surface area contributed by atoms with Gasteiger partial charge in [0.05, 0.1) is 18.3 Å². The van der Waals surface area contributed by atoms with Crippen LogP contribution in [0.25, 0.3) is 33.4 Å². The van der Waals surface area contributed by atoms with Crippen molar-refractivity contribution in [3.63, 3.8) is 0 Å². The van der Waals surface area contributed by atoms with Crippen LogP contribution in [0, 0.1) is 5.92 Å². The number of anilines is 2. The lowest BCUT2D eigenvalue weighted by Crippen LogP contribution is -2.31. The molecule has 1 amide bonds. The fourth-order valence-electron chi connectivity index (χ4n) is 4.12. The third-order valence-corrected chi connectivity index (χ3v) is 6.13. The van der Waals surface area contributed by atoms with Crippen LogP contribution in [-0.2, 0) is 4.79 Å². The molecule has 0 fully saturated rings. The van der Waals surface area contributed by atoms with Gasteiger partial charge in [-0.1, -0.05) is 38.1 Å². The van der Waals surface area contributed by atoms with E-state index in [-0.39, 0.29) is 12.5 Å². The number of aromatic nitrogens is 4. The monoisotopic (exact) mass is 536 g/mol. The molecule has 0 aliphatic carbocycles. The SMILES string of the molecule is CCOc1ccc2nc(-c3cccc(OCC(=O)NCC(C)C)c3)nc(Nc3ccc(-c4cn[nH]c4)cc3)c2c1. The summed E-state index contributed by atoms with van der Waals surface area (Å²) in [6, 6.07) is 21.3. The fraction of sp³-hybridized carbons (Fsp3) is 0.226. The van der Waals surface area contributed by atoms with Gasteiger partial charge in [-0.15, -0.1) is 0 Å². The van der Waals surface area contributed by atoms with Gasteiger partial charge in [-0.25, -0.2) is 9.97 Å². The van der Waals surface area contributed by atoms with Crippen molar-refractivity contribution in [1.29, 1.82) is 0 Å². The van der Waals surface area contributed by atoms with Crippen LogP contribution in [-0.4, -0.2) is 45.8 Å². The predicted octanol–water partition coefficient (Wildman–Crippen LogP) is 5.98. The number of hydrogen-bond donors (Lipinski definition) is 3. The molecule has 2 aromatic heterocycles. The van der Waals surface area contributed by atoms with E-state index in [0.29, 0.717) is 36.5 Å². The van der Waals surface area contributed by atoms with Crippen LogP contribution in [0.15, 0.2) is 79.1 Å². The summed E-state index contributed by atoms with van der Waals surface area (Å²) in [5, 5.41) is 14.0. The molecule has 40 heavy (non-hydrogen) atoms. The van der Waals surface area contributed by atoms with E-state index in [1.54, 1.807) is 6.20 Å². The molecule has 0 bridgehead atoms. The summed E-state index contributed by atoms with van der Waals surface area (Å²) in [5.74, 6) is 2.71. The van der Waals surface area contributed by atoms with Crippen LogP contribution in [0.5, 0.6) is 11.5 Å². The van der Waals surface area contributed by atoms with Crippen molar-refractivity contribution in [3.8, 4) is 34.0 Å². The molecule has 0 saturated heterocycles. The molecular formula is C31H32N6O3. The number of aromatic amines is 1. The van der Waals surface area contributed by atoms with Gasteiger partial charge in [0.2, 0.25) is 0 Å². The number of ether oxygens (including phenoxy) is 2. The Morgan fingerprint density at radius 3 is 2.50 bits per heavy atom. The number of benzene rings is 3. The largest absolute Gasteiger partial charge is 0.494 e. The van der Waals surface area contributed by atoms with E-state index < -0.39 is 0 Å². The molecule has 204 valence electrons. The molecule has 3 N–H and O–H groups in total. The topological polar surface area (TPSA) is 114 Å². The molecule has 0 spiro atoms. The lowest BCUT2D eigenvalue weighted by atomic mass is 10.1. The maximum absolute atomic E-state index is 12.1. The molecular weight excluding hydrogens is 504 g/mol. The zero-order chi connectivity index (χ0) is 27.9. The van der Waals surface area contributed by atoms with Crippen LogP contribution in [0.3, 0.4) is 0 Å². The van der Waals surface area contributed by atoms with Gasteiger partial charge in [0.15, 0.2) is 12.4 Å². The molecule has 0 aliphatic heterocycles. The third-order valence-electron chi connectivity index (χ3n) is 6.13. The number of amides is 1. The Morgan fingerprint density at radius 2 is 1.75 bits per heavy atom. The minimum atomic E-state index is -0.156. The molecule has 9 heteroatoms. The maximum atomic E-state index is 12.1. The number of fused-ring (bicyclic) bond motifs is 1. The first-order valence-electron chi connectivity index (χ1n) is 13.3. The number of carbonyl (C=O) groups excluding carboxylic acids is 1. The highest BCUT2D eigenvalue weighted by atomic mass is 16.5. The summed E-state index contributed by atoms with van der Waals surface area (Å²) in [6.07, 6.45) is 3.65. The molecule has 0 unspecified atom stereocenters. The second kappa shape index (κ2) is 12.3. The second-order valence-corrected chi connectivity index (χ2v) is 9.71. The molecule has 0 saturated carbocycles. The van der Waals surface area contributed by atoms with Crippen molar-refractivity contribution in [2.45, 2.75) is 20.8 Å². The van der Waals surface area contributed by atoms with E-state index in [9.17, 15) is 4.79 Å². The normalized spacial score (nSPS) is 11.0. The predicted molar refractivity (Wildman–Crippen MR) is 157 cm³/mol. The van der Waals surface area contributed by atoms with Gasteiger partial charge in [0.1, 0.15) is 17.3 Å². The first-order valence-corrected chi connectivity index (χ1v) is 13.3. The van der Waals surface area contributed by atoms with Crippen molar-refractivity contribution in [3.05, 3.63) is 79.1 Å². The van der Waals surface area contributed by atoms with Gasteiger partial charge >= 0.3 is 0 Å². The van der Waals surface area contributed by atoms with Gasteiger partial charge in [-0.05, 0) is 60.9 Å². The maximum Gasteiger partial charge on any atom is 0.257 e. The van der Waals surface area contributed by atoms with Crippen LogP contribution < -0.4 is 20.1 Å². The molecule has 0 radical (unpaired) electrons. The van der Waals surface area contributed by atoms with Gasteiger partial charge in [-0.3, -0.25) is 9.89 Å². The average molecular weight is 537 g/mol. The van der Waals surface area contributed by atoms with E-state index in [1.807, 2.05) is 93.7 Å². The van der Waals surface area contributed by atoms with Gasteiger partial charge in [0, 0.05) is 34.9 Å². The number of carbonyl (C=O) groups is 1. The molecule has 0 atom stereocenters. The van der Waals surface area contributed by atoms with Crippen LogP contribution in [0.1, 0.15) is 20.8 Å². The number of H-pyrrole nitrogens is 1. The summed E-state index contributed by atoms with van der Waals surface area (Å²) < 4.78 is 11.5. The van der Waals surface area contributed by atoms with E-state index in [0.717, 1.165) is 39.0 Å². The Balaban J connectivity index is 1.44. The average Bonchev–Trinajstić information content (AvgIpc) is 3.51. The molecule has 2 heterocycles. The Hall–Kier alpha value is -4.92. The van der Waals surface area contributed by atoms with Crippen molar-refractivity contribution in [2.24, 2.45) is 5.92 Å².